The van der Waals surface area contributed by atoms with Crippen molar-refractivity contribution in [2.75, 3.05) is 62.7 Å². The van der Waals surface area contributed by atoms with Crippen LogP contribution in [0.2, 0.25) is 0 Å². The van der Waals surface area contributed by atoms with Gasteiger partial charge in [0.05, 0.1) is 25.3 Å². The predicted octanol–water partition coefficient (Wildman–Crippen LogP) is 1.95. The van der Waals surface area contributed by atoms with Gasteiger partial charge in [-0.1, -0.05) is 12.5 Å². The third kappa shape index (κ3) is 4.76. The summed E-state index contributed by atoms with van der Waals surface area (Å²) in [4.78, 5) is 29.3. The van der Waals surface area contributed by atoms with Crippen molar-refractivity contribution in [2.24, 2.45) is 5.92 Å². The molecule has 2 saturated heterocycles. The van der Waals surface area contributed by atoms with Crippen LogP contribution in [-0.4, -0.2) is 79.7 Å². The molecule has 2 aromatic rings. The second-order valence-electron chi connectivity index (χ2n) is 9.27. The summed E-state index contributed by atoms with van der Waals surface area (Å²) in [7, 11) is 1.70. The number of piperazine rings is 1. The highest BCUT2D eigenvalue weighted by molar-refractivity contribution is 5.82. The van der Waals surface area contributed by atoms with Gasteiger partial charge in [-0.15, -0.1) is 0 Å². The van der Waals surface area contributed by atoms with Gasteiger partial charge >= 0.3 is 0 Å². The summed E-state index contributed by atoms with van der Waals surface area (Å²) in [6, 6.07) is 6.31. The van der Waals surface area contributed by atoms with E-state index in [9.17, 15) is 4.79 Å². The molecule has 176 valence electrons. The van der Waals surface area contributed by atoms with Gasteiger partial charge < -0.3 is 24.8 Å². The zero-order chi connectivity index (χ0) is 22.6. The number of nitrogens with one attached hydrogen (secondary N) is 1. The number of ether oxygens (including phenoxy) is 1. The van der Waals surface area contributed by atoms with Crippen LogP contribution in [0.25, 0.3) is 0 Å². The van der Waals surface area contributed by atoms with Crippen LogP contribution in [0, 0.1) is 5.92 Å². The molecular formula is C25H34N6O2. The lowest BCUT2D eigenvalue weighted by atomic mass is 9.83. The number of carbonyl (C=O) groups is 1. The molecule has 1 aromatic carbocycles. The van der Waals surface area contributed by atoms with Crippen LogP contribution in [-0.2, 0) is 11.2 Å². The molecule has 1 N–H and O–H groups in total. The van der Waals surface area contributed by atoms with E-state index in [-0.39, 0.29) is 17.9 Å². The van der Waals surface area contributed by atoms with Gasteiger partial charge in [0.25, 0.3) is 0 Å². The van der Waals surface area contributed by atoms with Crippen LogP contribution in [0.15, 0.2) is 36.8 Å². The maximum absolute atomic E-state index is 13.4. The van der Waals surface area contributed by atoms with Gasteiger partial charge in [0.15, 0.2) is 0 Å². The topological polar surface area (TPSA) is 73.8 Å². The molecule has 2 fully saturated rings. The summed E-state index contributed by atoms with van der Waals surface area (Å²) >= 11 is 0. The largest absolute Gasteiger partial charge is 0.497 e. The van der Waals surface area contributed by atoms with E-state index in [2.05, 4.69) is 42.1 Å². The summed E-state index contributed by atoms with van der Waals surface area (Å²) in [6.07, 6.45) is 9.84. The molecule has 8 nitrogen and oxygen atoms in total. The first kappa shape index (κ1) is 21.9. The van der Waals surface area contributed by atoms with Crippen LogP contribution < -0.4 is 19.9 Å². The van der Waals surface area contributed by atoms with E-state index in [4.69, 9.17) is 4.74 Å². The second-order valence-corrected chi connectivity index (χ2v) is 9.27. The van der Waals surface area contributed by atoms with Crippen molar-refractivity contribution >= 4 is 17.4 Å². The molecule has 8 heteroatoms. The van der Waals surface area contributed by atoms with Gasteiger partial charge in [-0.3, -0.25) is 9.78 Å². The number of aromatic nitrogens is 2. The lowest BCUT2D eigenvalue weighted by Crippen LogP contribution is -2.61. The average molecular weight is 451 g/mol. The fourth-order valence-electron chi connectivity index (χ4n) is 5.52. The monoisotopic (exact) mass is 450 g/mol. The molecular weight excluding hydrogens is 416 g/mol. The number of hydrogen-bond donors (Lipinski definition) is 1. The Morgan fingerprint density at radius 1 is 1.15 bits per heavy atom. The van der Waals surface area contributed by atoms with E-state index in [1.165, 1.54) is 30.5 Å². The van der Waals surface area contributed by atoms with E-state index in [0.29, 0.717) is 6.54 Å². The number of amides is 1. The molecule has 2 atom stereocenters. The van der Waals surface area contributed by atoms with Crippen LogP contribution in [0.4, 0.5) is 11.5 Å². The van der Waals surface area contributed by atoms with Crippen molar-refractivity contribution in [1.82, 2.24) is 20.2 Å². The molecule has 1 aromatic heterocycles. The van der Waals surface area contributed by atoms with E-state index in [0.717, 1.165) is 57.3 Å². The van der Waals surface area contributed by atoms with Crippen molar-refractivity contribution < 1.29 is 9.53 Å². The third-order valence-corrected chi connectivity index (χ3v) is 7.31. The van der Waals surface area contributed by atoms with E-state index in [1.807, 2.05) is 12.3 Å². The molecule has 0 spiro atoms. The Morgan fingerprint density at radius 2 is 2.03 bits per heavy atom. The van der Waals surface area contributed by atoms with Crippen molar-refractivity contribution in [3.63, 3.8) is 0 Å². The minimum Gasteiger partial charge on any atom is -0.497 e. The summed E-state index contributed by atoms with van der Waals surface area (Å²) in [6.45, 7) is 6.38. The predicted molar refractivity (Wildman–Crippen MR) is 129 cm³/mol. The lowest BCUT2D eigenvalue weighted by Gasteiger charge is -2.49. The van der Waals surface area contributed by atoms with Gasteiger partial charge in [-0.25, -0.2) is 4.98 Å². The Morgan fingerprint density at radius 3 is 2.82 bits per heavy atom. The lowest BCUT2D eigenvalue weighted by molar-refractivity contribution is -0.125. The van der Waals surface area contributed by atoms with Gasteiger partial charge in [0.2, 0.25) is 5.91 Å². The normalized spacial score (nSPS) is 22.9. The van der Waals surface area contributed by atoms with Crippen molar-refractivity contribution in [3.8, 4) is 5.75 Å². The van der Waals surface area contributed by atoms with Crippen molar-refractivity contribution in [2.45, 2.75) is 31.7 Å². The molecule has 0 saturated carbocycles. The van der Waals surface area contributed by atoms with Gasteiger partial charge in [-0.2, -0.15) is 0 Å². The standard InChI is InChI=1S/C25H34N6O2/c1-33-20-6-5-19-15-21(25(32)28-9-12-29-10-3-2-4-11-29)23-18-30(24-17-26-7-8-27-24)13-14-31(23)22(19)16-20/h5-8,16-17,21,23H,2-4,9-15,18H2,1H3,(H,28,32)/t21-,23+/m1/s1. The molecule has 33 heavy (non-hydrogen) atoms. The van der Waals surface area contributed by atoms with Gasteiger partial charge in [0.1, 0.15) is 11.6 Å². The van der Waals surface area contributed by atoms with Crippen molar-refractivity contribution in [3.05, 3.63) is 42.4 Å². The van der Waals surface area contributed by atoms with Crippen LogP contribution in [0.1, 0.15) is 24.8 Å². The van der Waals surface area contributed by atoms with Gasteiger partial charge in [0, 0.05) is 56.9 Å². The van der Waals surface area contributed by atoms with E-state index >= 15 is 0 Å². The highest BCUT2D eigenvalue weighted by Crippen LogP contribution is 2.38. The first-order chi connectivity index (χ1) is 16.2. The molecule has 3 aliphatic rings. The Bertz CT molecular complexity index is 949. The molecule has 5 rings (SSSR count). The number of hydrogen-bond acceptors (Lipinski definition) is 7. The van der Waals surface area contributed by atoms with Gasteiger partial charge in [-0.05, 0) is 44.0 Å². The Kier molecular flexibility index (Phi) is 6.62. The molecule has 0 unspecified atom stereocenters. The Labute approximate surface area is 195 Å². The van der Waals surface area contributed by atoms with E-state index in [1.54, 1.807) is 19.5 Å². The number of likely N-dealkylation sites (tertiary alicyclic amines) is 1. The molecule has 1 amide bonds. The first-order valence-electron chi connectivity index (χ1n) is 12.2. The fraction of sp³-hybridized carbons (Fsp3) is 0.560. The SMILES string of the molecule is COc1ccc2c(c1)N1CCN(c3cnccn3)C[C@H]1[C@H](C(=O)NCCN1CCCCC1)C2. The number of anilines is 2. The summed E-state index contributed by atoms with van der Waals surface area (Å²) in [5.41, 5.74) is 2.41. The second kappa shape index (κ2) is 9.95. The first-order valence-corrected chi connectivity index (χ1v) is 12.2. The fourth-order valence-corrected chi connectivity index (χ4v) is 5.52. The zero-order valence-electron chi connectivity index (χ0n) is 19.4. The van der Waals surface area contributed by atoms with Crippen LogP contribution in [0.3, 0.4) is 0 Å². The number of methoxy groups -OCH3 is 1. The Hall–Kier alpha value is -2.87. The molecule has 0 bridgehead atoms. The highest BCUT2D eigenvalue weighted by Gasteiger charge is 2.42. The minimum absolute atomic E-state index is 0.0790. The maximum Gasteiger partial charge on any atom is 0.225 e. The third-order valence-electron chi connectivity index (χ3n) is 7.31. The number of piperidine rings is 1. The summed E-state index contributed by atoms with van der Waals surface area (Å²) in [5.74, 6) is 1.78. The highest BCUT2D eigenvalue weighted by atomic mass is 16.5. The molecule has 4 heterocycles. The van der Waals surface area contributed by atoms with Crippen LogP contribution >= 0.6 is 0 Å². The summed E-state index contributed by atoms with van der Waals surface area (Å²) in [5, 5.41) is 3.26. The average Bonchev–Trinajstić information content (AvgIpc) is 2.88. The molecule has 0 radical (unpaired) electrons. The smallest absolute Gasteiger partial charge is 0.225 e. The quantitative estimate of drug-likeness (QED) is 0.721. The minimum atomic E-state index is -0.105. The summed E-state index contributed by atoms with van der Waals surface area (Å²) < 4.78 is 5.50. The molecule has 0 aliphatic carbocycles. The number of nitrogens with zero attached hydrogens (tertiary/aromatic N) is 5. The molecule has 3 aliphatic heterocycles. The zero-order valence-corrected chi connectivity index (χ0v) is 19.4. The van der Waals surface area contributed by atoms with E-state index < -0.39 is 0 Å². The maximum atomic E-state index is 13.4. The van der Waals surface area contributed by atoms with Crippen molar-refractivity contribution in [1.29, 1.82) is 0 Å². The van der Waals surface area contributed by atoms with Crippen LogP contribution in [0.5, 0.6) is 5.75 Å². The Balaban J connectivity index is 1.34. The number of benzene rings is 1. The number of fused-ring (bicyclic) bond motifs is 3. The number of carbonyl (C=O) groups excluding carboxylic acids is 1. The number of rotatable bonds is 6.